The van der Waals surface area contributed by atoms with Gasteiger partial charge >= 0.3 is 6.36 Å². The smallest absolute Gasteiger partial charge is 0.457 e. The summed E-state index contributed by atoms with van der Waals surface area (Å²) in [5, 5.41) is 2.82. The van der Waals surface area contributed by atoms with Crippen molar-refractivity contribution in [3.05, 3.63) is 102 Å². The number of amides is 1. The van der Waals surface area contributed by atoms with Gasteiger partial charge in [0.1, 0.15) is 23.1 Å². The summed E-state index contributed by atoms with van der Waals surface area (Å²) in [4.78, 5) is 13.8. The van der Waals surface area contributed by atoms with Crippen LogP contribution in [0.1, 0.15) is 12.5 Å². The summed E-state index contributed by atoms with van der Waals surface area (Å²) in [7, 11) is 0. The van der Waals surface area contributed by atoms with E-state index in [1.54, 1.807) is 36.0 Å². The monoisotopic (exact) mass is 541 g/mol. The van der Waals surface area contributed by atoms with Gasteiger partial charge < -0.3 is 14.8 Å². The largest absolute Gasteiger partial charge is 0.573 e. The number of benzene rings is 4. The fraction of sp³-hybridized carbons (Fsp3) is 0.138. The van der Waals surface area contributed by atoms with Gasteiger partial charge in [-0.15, -0.1) is 24.9 Å². The summed E-state index contributed by atoms with van der Waals surface area (Å²) < 4.78 is 61.9. The minimum atomic E-state index is -4.84. The molecule has 38 heavy (non-hydrogen) atoms. The lowest BCUT2D eigenvalue weighted by molar-refractivity contribution is -0.274. The van der Waals surface area contributed by atoms with E-state index in [-0.39, 0.29) is 23.8 Å². The minimum absolute atomic E-state index is 0.149. The molecule has 4 nitrogen and oxygen atoms in total. The maximum Gasteiger partial charge on any atom is 0.573 e. The molecule has 0 aliphatic heterocycles. The second-order valence-corrected chi connectivity index (χ2v) is 9.49. The van der Waals surface area contributed by atoms with Crippen LogP contribution in [0.2, 0.25) is 0 Å². The van der Waals surface area contributed by atoms with E-state index in [0.29, 0.717) is 16.8 Å². The highest BCUT2D eigenvalue weighted by molar-refractivity contribution is 7.99. The first-order chi connectivity index (χ1) is 18.2. The van der Waals surface area contributed by atoms with E-state index in [0.717, 1.165) is 16.2 Å². The molecule has 4 aromatic carbocycles. The zero-order chi connectivity index (χ0) is 27.1. The average molecular weight is 542 g/mol. The van der Waals surface area contributed by atoms with Gasteiger partial charge in [0.15, 0.2) is 0 Å². The molecular formula is C29H23F4NO3S. The van der Waals surface area contributed by atoms with E-state index in [1.165, 1.54) is 42.5 Å². The zero-order valence-electron chi connectivity index (χ0n) is 20.2. The Morgan fingerprint density at radius 1 is 0.895 bits per heavy atom. The molecular weight excluding hydrogens is 518 g/mol. The maximum absolute atomic E-state index is 13.8. The van der Waals surface area contributed by atoms with Crippen molar-refractivity contribution < 1.29 is 31.8 Å². The summed E-state index contributed by atoms with van der Waals surface area (Å²) in [6.45, 7) is 2.07. The van der Waals surface area contributed by atoms with Gasteiger partial charge in [-0.2, -0.15) is 0 Å². The molecule has 0 heterocycles. The molecule has 1 N–H and O–H groups in total. The van der Waals surface area contributed by atoms with Crippen LogP contribution >= 0.6 is 11.8 Å². The van der Waals surface area contributed by atoms with Crippen molar-refractivity contribution in [2.24, 2.45) is 0 Å². The predicted octanol–water partition coefficient (Wildman–Crippen LogP) is 8.48. The summed E-state index contributed by atoms with van der Waals surface area (Å²) in [5.74, 6) is 0.173. The molecule has 0 saturated carbocycles. The van der Waals surface area contributed by atoms with Crippen LogP contribution < -0.4 is 14.8 Å². The Morgan fingerprint density at radius 3 is 2.34 bits per heavy atom. The van der Waals surface area contributed by atoms with Crippen molar-refractivity contribution in [2.45, 2.75) is 24.6 Å². The summed E-state index contributed by atoms with van der Waals surface area (Å²) >= 11 is 1.71. The Balaban J connectivity index is 1.60. The summed E-state index contributed by atoms with van der Waals surface area (Å²) in [6.07, 6.45) is -4.70. The van der Waals surface area contributed by atoms with Gasteiger partial charge in [0.2, 0.25) is 5.91 Å². The predicted molar refractivity (Wildman–Crippen MR) is 140 cm³/mol. The highest BCUT2D eigenvalue weighted by Gasteiger charge is 2.31. The molecule has 0 unspecified atom stereocenters. The van der Waals surface area contributed by atoms with Crippen molar-refractivity contribution in [1.82, 2.24) is 0 Å². The van der Waals surface area contributed by atoms with Crippen molar-refractivity contribution >= 4 is 23.4 Å². The Bertz CT molecular complexity index is 1410. The fourth-order valence-electron chi connectivity index (χ4n) is 3.70. The van der Waals surface area contributed by atoms with Crippen LogP contribution in [-0.2, 0) is 11.2 Å². The maximum atomic E-state index is 13.8. The Morgan fingerprint density at radius 2 is 1.63 bits per heavy atom. The Hall–Kier alpha value is -3.98. The lowest BCUT2D eigenvalue weighted by Crippen LogP contribution is -2.17. The van der Waals surface area contributed by atoms with Gasteiger partial charge in [-0.25, -0.2) is 4.39 Å². The number of thioether (sulfide) groups is 1. The first-order valence-corrected chi connectivity index (χ1v) is 12.6. The number of rotatable bonds is 9. The highest BCUT2D eigenvalue weighted by atomic mass is 32.2. The minimum Gasteiger partial charge on any atom is -0.457 e. The third-order valence-corrected chi connectivity index (χ3v) is 6.16. The third kappa shape index (κ3) is 7.76. The van der Waals surface area contributed by atoms with Gasteiger partial charge in [0.05, 0.1) is 6.42 Å². The van der Waals surface area contributed by atoms with Crippen LogP contribution in [-0.4, -0.2) is 18.0 Å². The molecule has 0 spiro atoms. The summed E-state index contributed by atoms with van der Waals surface area (Å²) in [5.41, 5.74) is 2.05. The first-order valence-electron chi connectivity index (χ1n) is 11.6. The normalized spacial score (nSPS) is 11.2. The van der Waals surface area contributed by atoms with Gasteiger partial charge in [-0.3, -0.25) is 4.79 Å². The zero-order valence-corrected chi connectivity index (χ0v) is 21.0. The van der Waals surface area contributed by atoms with Crippen molar-refractivity contribution in [3.63, 3.8) is 0 Å². The van der Waals surface area contributed by atoms with Crippen molar-refractivity contribution in [2.75, 3.05) is 11.1 Å². The lowest BCUT2D eigenvalue weighted by Gasteiger charge is -2.15. The molecule has 0 fully saturated rings. The van der Waals surface area contributed by atoms with Crippen LogP contribution in [0.15, 0.2) is 95.9 Å². The van der Waals surface area contributed by atoms with E-state index in [2.05, 4.69) is 17.0 Å². The molecule has 9 heteroatoms. The number of carbonyl (C=O) groups excluding carboxylic acids is 1. The number of alkyl halides is 3. The van der Waals surface area contributed by atoms with E-state index in [1.807, 2.05) is 24.3 Å². The first kappa shape index (κ1) is 27.1. The molecule has 0 atom stereocenters. The summed E-state index contributed by atoms with van der Waals surface area (Å²) in [6, 6.07) is 23.4. The van der Waals surface area contributed by atoms with E-state index in [4.69, 9.17) is 4.74 Å². The molecule has 0 saturated heterocycles. The highest BCUT2D eigenvalue weighted by Crippen LogP contribution is 2.38. The van der Waals surface area contributed by atoms with Crippen molar-refractivity contribution in [1.29, 1.82) is 0 Å². The number of halogens is 4. The van der Waals surface area contributed by atoms with Gasteiger partial charge in [0, 0.05) is 28.3 Å². The van der Waals surface area contributed by atoms with Gasteiger partial charge in [0.25, 0.3) is 0 Å². The number of nitrogens with one attached hydrogen (secondary N) is 1. The molecule has 196 valence electrons. The molecule has 0 aliphatic carbocycles. The topological polar surface area (TPSA) is 47.6 Å². The van der Waals surface area contributed by atoms with E-state index in [9.17, 15) is 22.4 Å². The Kier molecular flexibility index (Phi) is 8.58. The van der Waals surface area contributed by atoms with Crippen LogP contribution in [0, 0.1) is 5.82 Å². The number of hydrogen-bond donors (Lipinski definition) is 1. The standard InChI is InChI=1S/C29H23F4NO3S/c1-2-38-25-12-9-19(10-13-25)15-28(35)34-22-11-14-26(20-5-3-8-24(16-20)37-29(31,32)33)27(18-22)36-23-7-4-6-21(30)17-23/h3-14,16-18H,2,15H2,1H3,(H,34,35). The molecule has 0 radical (unpaired) electrons. The number of ether oxygens (including phenoxy) is 2. The number of hydrogen-bond acceptors (Lipinski definition) is 4. The molecule has 0 aliphatic rings. The van der Waals surface area contributed by atoms with Crippen LogP contribution in [0.4, 0.5) is 23.2 Å². The quantitative estimate of drug-likeness (QED) is 0.171. The lowest BCUT2D eigenvalue weighted by atomic mass is 10.0. The van der Waals surface area contributed by atoms with Gasteiger partial charge in [-0.05, 0) is 65.4 Å². The van der Waals surface area contributed by atoms with Crippen LogP contribution in [0.5, 0.6) is 17.2 Å². The SMILES string of the molecule is CCSc1ccc(CC(=O)Nc2ccc(-c3cccc(OC(F)(F)F)c3)c(Oc3cccc(F)c3)c2)cc1. The molecule has 0 aromatic heterocycles. The third-order valence-electron chi connectivity index (χ3n) is 5.27. The number of carbonyl (C=O) groups is 1. The van der Waals surface area contributed by atoms with Gasteiger partial charge in [-0.1, -0.05) is 37.3 Å². The Labute approximate surface area is 221 Å². The fourth-order valence-corrected chi connectivity index (χ4v) is 4.36. The van der Waals surface area contributed by atoms with E-state index >= 15 is 0 Å². The van der Waals surface area contributed by atoms with E-state index < -0.39 is 17.9 Å². The second-order valence-electron chi connectivity index (χ2n) is 8.15. The molecule has 4 rings (SSSR count). The van der Waals surface area contributed by atoms with Crippen LogP contribution in [0.3, 0.4) is 0 Å². The molecule has 4 aromatic rings. The average Bonchev–Trinajstić information content (AvgIpc) is 2.85. The molecule has 0 bridgehead atoms. The van der Waals surface area contributed by atoms with Crippen molar-refractivity contribution in [3.8, 4) is 28.4 Å². The molecule has 1 amide bonds. The second kappa shape index (κ2) is 12.0. The number of anilines is 1. The van der Waals surface area contributed by atoms with Crippen LogP contribution in [0.25, 0.3) is 11.1 Å².